The summed E-state index contributed by atoms with van der Waals surface area (Å²) in [5.74, 6) is -0.422. The van der Waals surface area contributed by atoms with Gasteiger partial charge in [0.25, 0.3) is 0 Å². The van der Waals surface area contributed by atoms with Gasteiger partial charge in [0.05, 0.1) is 30.7 Å². The number of amides is 1. The highest BCUT2D eigenvalue weighted by Gasteiger charge is 2.35. The Balaban J connectivity index is 2.03. The molecule has 0 aliphatic carbocycles. The van der Waals surface area contributed by atoms with Crippen LogP contribution in [0.5, 0.6) is 5.75 Å². The molecule has 0 unspecified atom stereocenters. The quantitative estimate of drug-likeness (QED) is 0.116. The van der Waals surface area contributed by atoms with Crippen molar-refractivity contribution in [2.75, 3.05) is 36.2 Å². The lowest BCUT2D eigenvalue weighted by Gasteiger charge is -2.32. The van der Waals surface area contributed by atoms with Crippen LogP contribution in [0.2, 0.25) is 0 Å². The van der Waals surface area contributed by atoms with Gasteiger partial charge in [-0.2, -0.15) is 0 Å². The summed E-state index contributed by atoms with van der Waals surface area (Å²) in [6.45, 7) is 6.24. The number of rotatable bonds is 20. The Kier molecular flexibility index (Phi) is 18.2. The van der Waals surface area contributed by atoms with E-state index in [1.165, 1.54) is 0 Å². The molecule has 47 heavy (non-hydrogen) atoms. The van der Waals surface area contributed by atoms with Gasteiger partial charge in [0, 0.05) is 41.3 Å². The van der Waals surface area contributed by atoms with E-state index in [1.807, 2.05) is 13.8 Å². The van der Waals surface area contributed by atoms with Crippen LogP contribution in [0, 0.1) is 17.8 Å². The third kappa shape index (κ3) is 14.8. The predicted octanol–water partition coefficient (Wildman–Crippen LogP) is 2.35. The summed E-state index contributed by atoms with van der Waals surface area (Å²) < 4.78 is 0. The van der Waals surface area contributed by atoms with Crippen molar-refractivity contribution in [1.82, 2.24) is 10.6 Å². The summed E-state index contributed by atoms with van der Waals surface area (Å²) in [7, 11) is 0. The molecule has 2 rings (SSSR count). The molecule has 1 aliphatic heterocycles. The standard InChI is InChI=1S/C34H55N5O6S2/c1-22(2)16-34(3,32(44)13-9-25(33(37)45)15-23-6-10-26(40)11-7-23)39-18-30(42)24(5-4-14-35)8-12-29(41)28-20-47-21-46-19-27(36)31(43)17-38-28/h6-7,10-11,22,24-25,27-28,38-40H,4-5,8-9,12-21,35-36H2,1-3H3,(H2,37,45)/t24-,25+,27+,28+,34+/m1/s1. The maximum absolute atomic E-state index is 13.6. The minimum absolute atomic E-state index is 0.0354. The molecule has 1 saturated heterocycles. The molecule has 11 nitrogen and oxygen atoms in total. The Hall–Kier alpha value is -2.29. The lowest BCUT2D eigenvalue weighted by molar-refractivity contribution is -0.127. The first-order valence-electron chi connectivity index (χ1n) is 16.5. The molecule has 0 saturated carbocycles. The number of carbonyl (C=O) groups excluding carboxylic acids is 5. The van der Waals surface area contributed by atoms with Gasteiger partial charge in [-0.1, -0.05) is 26.0 Å². The van der Waals surface area contributed by atoms with Crippen molar-refractivity contribution in [1.29, 1.82) is 0 Å². The van der Waals surface area contributed by atoms with E-state index < -0.39 is 35.4 Å². The minimum Gasteiger partial charge on any atom is -0.508 e. The van der Waals surface area contributed by atoms with Crippen molar-refractivity contribution >= 4 is 52.6 Å². The molecule has 1 aromatic rings. The Labute approximate surface area is 288 Å². The normalized spacial score (nSPS) is 20.3. The Morgan fingerprint density at radius 3 is 2.34 bits per heavy atom. The highest BCUT2D eigenvalue weighted by molar-refractivity contribution is 8.16. The Morgan fingerprint density at radius 1 is 1.04 bits per heavy atom. The van der Waals surface area contributed by atoms with E-state index in [0.717, 1.165) is 10.6 Å². The monoisotopic (exact) mass is 693 g/mol. The summed E-state index contributed by atoms with van der Waals surface area (Å²) in [6, 6.07) is 5.49. The van der Waals surface area contributed by atoms with Crippen molar-refractivity contribution < 1.29 is 29.1 Å². The highest BCUT2D eigenvalue weighted by Crippen LogP contribution is 2.25. The fourth-order valence-electron chi connectivity index (χ4n) is 5.81. The number of aromatic hydroxyl groups is 1. The zero-order chi connectivity index (χ0) is 35.0. The number of phenols is 1. The van der Waals surface area contributed by atoms with Crippen molar-refractivity contribution in [2.45, 2.75) is 89.8 Å². The Morgan fingerprint density at radius 2 is 1.70 bits per heavy atom. The molecule has 9 N–H and O–H groups in total. The van der Waals surface area contributed by atoms with Gasteiger partial charge < -0.3 is 22.3 Å². The van der Waals surface area contributed by atoms with Gasteiger partial charge >= 0.3 is 0 Å². The van der Waals surface area contributed by atoms with Crippen LogP contribution in [0.25, 0.3) is 0 Å². The van der Waals surface area contributed by atoms with E-state index in [9.17, 15) is 29.1 Å². The SMILES string of the molecule is CC(C)C[C@](C)(NCC(=O)[C@H](CCCN)CCC(=O)[C@@H]1CSCSC[C@H](N)C(=O)CN1)C(=O)CC[C@@H](Cc1ccc(O)cc1)C(N)=O. The lowest BCUT2D eigenvalue weighted by atomic mass is 9.82. The zero-order valence-electron chi connectivity index (χ0n) is 28.1. The number of hydrogen-bond donors (Lipinski definition) is 6. The molecule has 0 bridgehead atoms. The highest BCUT2D eigenvalue weighted by atomic mass is 32.2. The maximum atomic E-state index is 13.6. The Bertz CT molecular complexity index is 1180. The number of nitrogens with one attached hydrogen (secondary N) is 2. The fourth-order valence-corrected chi connectivity index (χ4v) is 8.03. The third-order valence-corrected chi connectivity index (χ3v) is 11.1. The first-order chi connectivity index (χ1) is 22.2. The fraction of sp³-hybridized carbons (Fsp3) is 0.676. The van der Waals surface area contributed by atoms with E-state index in [2.05, 4.69) is 10.6 Å². The van der Waals surface area contributed by atoms with Gasteiger partial charge in [0.2, 0.25) is 5.91 Å². The maximum Gasteiger partial charge on any atom is 0.220 e. The van der Waals surface area contributed by atoms with Gasteiger partial charge in [-0.25, -0.2) is 0 Å². The summed E-state index contributed by atoms with van der Waals surface area (Å²) in [5, 5.41) is 16.6. The van der Waals surface area contributed by atoms with Crippen LogP contribution >= 0.6 is 23.5 Å². The van der Waals surface area contributed by atoms with E-state index >= 15 is 0 Å². The third-order valence-electron chi connectivity index (χ3n) is 8.65. The van der Waals surface area contributed by atoms with Gasteiger partial charge in [-0.05, 0) is 75.6 Å². The molecule has 5 atom stereocenters. The summed E-state index contributed by atoms with van der Waals surface area (Å²) in [5.41, 5.74) is 17.2. The van der Waals surface area contributed by atoms with E-state index in [0.29, 0.717) is 50.2 Å². The molecule has 1 amide bonds. The van der Waals surface area contributed by atoms with Crippen LogP contribution in [-0.2, 0) is 30.4 Å². The van der Waals surface area contributed by atoms with Crippen molar-refractivity contribution in [2.24, 2.45) is 35.0 Å². The molecule has 0 radical (unpaired) electrons. The largest absolute Gasteiger partial charge is 0.508 e. The van der Waals surface area contributed by atoms with Crippen LogP contribution in [0.3, 0.4) is 0 Å². The van der Waals surface area contributed by atoms with Gasteiger partial charge in [-0.15, -0.1) is 23.5 Å². The van der Waals surface area contributed by atoms with Crippen LogP contribution < -0.4 is 27.8 Å². The smallest absolute Gasteiger partial charge is 0.220 e. The molecule has 1 aromatic carbocycles. The molecule has 1 fully saturated rings. The van der Waals surface area contributed by atoms with Crippen molar-refractivity contribution in [3.05, 3.63) is 29.8 Å². The molecule has 1 aliphatic rings. The number of benzene rings is 1. The average Bonchev–Trinajstić information content (AvgIpc) is 3.02. The van der Waals surface area contributed by atoms with E-state index in [1.54, 1.807) is 54.7 Å². The number of carbonyl (C=O) groups is 5. The van der Waals surface area contributed by atoms with Crippen LogP contribution in [0.15, 0.2) is 24.3 Å². The molecular formula is C34H55N5O6S2. The lowest BCUT2D eigenvalue weighted by Crippen LogP contribution is -2.53. The van der Waals surface area contributed by atoms with Crippen LogP contribution in [0.4, 0.5) is 0 Å². The van der Waals surface area contributed by atoms with Gasteiger partial charge in [0.15, 0.2) is 17.3 Å². The molecule has 1 heterocycles. The average molecular weight is 694 g/mol. The first-order valence-corrected chi connectivity index (χ1v) is 18.8. The number of nitrogens with two attached hydrogens (primary N) is 3. The zero-order valence-corrected chi connectivity index (χ0v) is 29.8. The molecule has 0 spiro atoms. The molecule has 0 aromatic heterocycles. The number of primary amides is 1. The van der Waals surface area contributed by atoms with Crippen LogP contribution in [0.1, 0.15) is 71.3 Å². The van der Waals surface area contributed by atoms with Crippen molar-refractivity contribution in [3.8, 4) is 5.75 Å². The summed E-state index contributed by atoms with van der Waals surface area (Å²) >= 11 is 3.21. The number of thioether (sulfide) groups is 2. The predicted molar refractivity (Wildman–Crippen MR) is 190 cm³/mol. The second-order valence-corrected chi connectivity index (χ2v) is 15.6. The van der Waals surface area contributed by atoms with E-state index in [4.69, 9.17) is 17.2 Å². The number of ketones is 4. The number of phenolic OH excluding ortho intramolecular Hbond substituents is 1. The second kappa shape index (κ2) is 20.9. The minimum atomic E-state index is -0.999. The summed E-state index contributed by atoms with van der Waals surface area (Å²) in [4.78, 5) is 64.9. The van der Waals surface area contributed by atoms with Crippen molar-refractivity contribution in [3.63, 3.8) is 0 Å². The van der Waals surface area contributed by atoms with Crippen LogP contribution in [-0.4, -0.2) is 88.0 Å². The summed E-state index contributed by atoms with van der Waals surface area (Å²) in [6.07, 6.45) is 2.94. The van der Waals surface area contributed by atoms with Gasteiger partial charge in [-0.3, -0.25) is 34.6 Å². The number of Topliss-reactive ketones (excluding diaryl/α,β-unsaturated/α-hetero) is 4. The molecular weight excluding hydrogens is 639 g/mol. The topological polar surface area (TPSA) is 208 Å². The number of hydrogen-bond acceptors (Lipinski definition) is 12. The molecule has 13 heteroatoms. The van der Waals surface area contributed by atoms with E-state index in [-0.39, 0.29) is 67.2 Å². The second-order valence-electron chi connectivity index (χ2n) is 13.2. The van der Waals surface area contributed by atoms with Gasteiger partial charge in [0.1, 0.15) is 11.5 Å². The molecule has 264 valence electrons. The first kappa shape index (κ1) is 40.9.